The van der Waals surface area contributed by atoms with Crippen LogP contribution in [0.1, 0.15) is 18.1 Å². The minimum absolute atomic E-state index is 0.539. The molecule has 0 aliphatic rings. The van der Waals surface area contributed by atoms with Gasteiger partial charge >= 0.3 is 0 Å². The molecule has 0 fully saturated rings. The molecule has 23 heavy (non-hydrogen) atoms. The molecule has 0 bridgehead atoms. The standard InChI is InChI=1S/C19H20N2O2/c1-3-23-18-10-6-9-17(22-2)15(18)12-14-11-13-7-4-5-8-16(13)21-19(14)20/h4-11H,3,12H2,1-2H3,(H2,20,21). The van der Waals surface area contributed by atoms with Gasteiger partial charge in [-0.2, -0.15) is 0 Å². The quantitative estimate of drug-likeness (QED) is 0.778. The van der Waals surface area contributed by atoms with E-state index in [2.05, 4.69) is 11.1 Å². The van der Waals surface area contributed by atoms with Crippen LogP contribution in [0.15, 0.2) is 48.5 Å². The van der Waals surface area contributed by atoms with Crippen molar-refractivity contribution in [2.75, 3.05) is 19.5 Å². The van der Waals surface area contributed by atoms with Crippen LogP contribution < -0.4 is 15.2 Å². The summed E-state index contributed by atoms with van der Waals surface area (Å²) in [6, 6.07) is 15.9. The molecule has 118 valence electrons. The minimum Gasteiger partial charge on any atom is -0.496 e. The van der Waals surface area contributed by atoms with Crippen molar-refractivity contribution >= 4 is 16.7 Å². The third kappa shape index (κ3) is 3.06. The molecule has 4 heteroatoms. The van der Waals surface area contributed by atoms with E-state index in [1.165, 1.54) is 0 Å². The van der Waals surface area contributed by atoms with Gasteiger partial charge in [-0.3, -0.25) is 0 Å². The van der Waals surface area contributed by atoms with E-state index in [0.29, 0.717) is 18.8 Å². The molecule has 0 unspecified atom stereocenters. The highest BCUT2D eigenvalue weighted by Crippen LogP contribution is 2.32. The summed E-state index contributed by atoms with van der Waals surface area (Å²) in [6.45, 7) is 2.57. The highest BCUT2D eigenvalue weighted by molar-refractivity contribution is 5.81. The van der Waals surface area contributed by atoms with Crippen LogP contribution in [0.25, 0.3) is 10.9 Å². The summed E-state index contributed by atoms with van der Waals surface area (Å²) < 4.78 is 11.2. The maximum absolute atomic E-state index is 6.16. The lowest BCUT2D eigenvalue weighted by Crippen LogP contribution is -2.04. The van der Waals surface area contributed by atoms with Crippen molar-refractivity contribution in [2.45, 2.75) is 13.3 Å². The molecule has 0 amide bonds. The molecule has 0 spiro atoms. The Hall–Kier alpha value is -2.75. The molecule has 1 heterocycles. The molecule has 4 nitrogen and oxygen atoms in total. The Bertz CT molecular complexity index is 831. The Balaban J connectivity index is 2.06. The van der Waals surface area contributed by atoms with E-state index >= 15 is 0 Å². The van der Waals surface area contributed by atoms with E-state index in [-0.39, 0.29) is 0 Å². The fourth-order valence-electron chi connectivity index (χ4n) is 2.71. The number of rotatable bonds is 5. The largest absolute Gasteiger partial charge is 0.496 e. The van der Waals surface area contributed by atoms with Crippen LogP contribution in [0.3, 0.4) is 0 Å². The topological polar surface area (TPSA) is 57.4 Å². The Labute approximate surface area is 135 Å². The summed E-state index contributed by atoms with van der Waals surface area (Å²) in [4.78, 5) is 4.50. The molecular weight excluding hydrogens is 288 g/mol. The molecule has 0 saturated heterocycles. The predicted molar refractivity (Wildman–Crippen MR) is 93.1 cm³/mol. The Morgan fingerprint density at radius 2 is 1.83 bits per heavy atom. The van der Waals surface area contributed by atoms with Gasteiger partial charge in [0.05, 0.1) is 19.2 Å². The summed E-state index contributed by atoms with van der Waals surface area (Å²) >= 11 is 0. The first kappa shape index (κ1) is 15.2. The van der Waals surface area contributed by atoms with Crippen molar-refractivity contribution in [3.63, 3.8) is 0 Å². The van der Waals surface area contributed by atoms with Gasteiger partial charge in [-0.1, -0.05) is 24.3 Å². The fraction of sp³-hybridized carbons (Fsp3) is 0.211. The van der Waals surface area contributed by atoms with Crippen molar-refractivity contribution < 1.29 is 9.47 Å². The monoisotopic (exact) mass is 308 g/mol. The van der Waals surface area contributed by atoms with Gasteiger partial charge in [0.2, 0.25) is 0 Å². The van der Waals surface area contributed by atoms with Crippen molar-refractivity contribution in [1.29, 1.82) is 0 Å². The van der Waals surface area contributed by atoms with Gasteiger partial charge in [0.25, 0.3) is 0 Å². The van der Waals surface area contributed by atoms with E-state index in [0.717, 1.165) is 33.5 Å². The number of benzene rings is 2. The number of nitrogens with two attached hydrogens (primary N) is 1. The maximum atomic E-state index is 6.16. The molecule has 0 aliphatic heterocycles. The van der Waals surface area contributed by atoms with E-state index in [1.54, 1.807) is 7.11 Å². The third-order valence-corrected chi connectivity index (χ3v) is 3.81. The van der Waals surface area contributed by atoms with Crippen LogP contribution in [-0.2, 0) is 6.42 Å². The Morgan fingerprint density at radius 3 is 2.61 bits per heavy atom. The second-order valence-electron chi connectivity index (χ2n) is 5.27. The average Bonchev–Trinajstić information content (AvgIpc) is 2.57. The summed E-state index contributed by atoms with van der Waals surface area (Å²) in [5.41, 5.74) is 9.01. The van der Waals surface area contributed by atoms with Crippen LogP contribution in [0.2, 0.25) is 0 Å². The number of nitrogen functional groups attached to an aromatic ring is 1. The zero-order chi connectivity index (χ0) is 16.2. The summed E-state index contributed by atoms with van der Waals surface area (Å²) in [7, 11) is 1.66. The second-order valence-corrected chi connectivity index (χ2v) is 5.27. The lowest BCUT2D eigenvalue weighted by Gasteiger charge is -2.15. The number of fused-ring (bicyclic) bond motifs is 1. The first-order valence-corrected chi connectivity index (χ1v) is 7.65. The normalized spacial score (nSPS) is 10.7. The molecule has 2 N–H and O–H groups in total. The van der Waals surface area contributed by atoms with Gasteiger partial charge < -0.3 is 15.2 Å². The number of anilines is 1. The first-order valence-electron chi connectivity index (χ1n) is 7.65. The number of methoxy groups -OCH3 is 1. The van der Waals surface area contributed by atoms with Gasteiger partial charge in [0.15, 0.2) is 0 Å². The molecule has 3 rings (SSSR count). The summed E-state index contributed by atoms with van der Waals surface area (Å²) in [6.07, 6.45) is 0.614. The van der Waals surface area contributed by atoms with Crippen LogP contribution in [0.5, 0.6) is 11.5 Å². The van der Waals surface area contributed by atoms with Gasteiger partial charge in [0, 0.05) is 17.4 Å². The SMILES string of the molecule is CCOc1cccc(OC)c1Cc1cc2ccccc2nc1N. The van der Waals surface area contributed by atoms with Gasteiger partial charge in [-0.15, -0.1) is 0 Å². The lowest BCUT2D eigenvalue weighted by molar-refractivity contribution is 0.331. The Morgan fingerprint density at radius 1 is 1.04 bits per heavy atom. The summed E-state index contributed by atoms with van der Waals surface area (Å²) in [5, 5.41) is 1.07. The van der Waals surface area contributed by atoms with Crippen LogP contribution in [0.4, 0.5) is 5.82 Å². The molecule has 0 saturated carbocycles. The maximum Gasteiger partial charge on any atom is 0.127 e. The van der Waals surface area contributed by atoms with Crippen molar-refractivity contribution in [3.8, 4) is 11.5 Å². The molecule has 0 aliphatic carbocycles. The first-order chi connectivity index (χ1) is 11.2. The second kappa shape index (κ2) is 6.57. The van der Waals surface area contributed by atoms with Crippen molar-refractivity contribution in [1.82, 2.24) is 4.98 Å². The number of nitrogens with zero attached hydrogens (tertiary/aromatic N) is 1. The molecule has 2 aromatic carbocycles. The van der Waals surface area contributed by atoms with Gasteiger partial charge in [-0.25, -0.2) is 4.98 Å². The van der Waals surface area contributed by atoms with E-state index in [4.69, 9.17) is 15.2 Å². The Kier molecular flexibility index (Phi) is 4.33. The van der Waals surface area contributed by atoms with E-state index in [1.807, 2.05) is 49.4 Å². The number of ether oxygens (including phenoxy) is 2. The third-order valence-electron chi connectivity index (χ3n) is 3.81. The molecular formula is C19H20N2O2. The number of para-hydroxylation sites is 1. The smallest absolute Gasteiger partial charge is 0.127 e. The average molecular weight is 308 g/mol. The van der Waals surface area contributed by atoms with Crippen LogP contribution in [0, 0.1) is 0 Å². The van der Waals surface area contributed by atoms with Crippen molar-refractivity contribution in [2.24, 2.45) is 0 Å². The van der Waals surface area contributed by atoms with Crippen LogP contribution >= 0.6 is 0 Å². The number of hydrogen-bond donors (Lipinski definition) is 1. The number of aromatic nitrogens is 1. The van der Waals surface area contributed by atoms with E-state index in [9.17, 15) is 0 Å². The van der Waals surface area contributed by atoms with Crippen molar-refractivity contribution in [3.05, 3.63) is 59.7 Å². The van der Waals surface area contributed by atoms with Crippen LogP contribution in [-0.4, -0.2) is 18.7 Å². The zero-order valence-electron chi connectivity index (χ0n) is 13.4. The molecule has 3 aromatic rings. The highest BCUT2D eigenvalue weighted by Gasteiger charge is 2.13. The minimum atomic E-state index is 0.539. The fourth-order valence-corrected chi connectivity index (χ4v) is 2.71. The highest BCUT2D eigenvalue weighted by atomic mass is 16.5. The number of pyridine rings is 1. The number of hydrogen-bond acceptors (Lipinski definition) is 4. The van der Waals surface area contributed by atoms with E-state index < -0.39 is 0 Å². The zero-order valence-corrected chi connectivity index (χ0v) is 13.4. The molecule has 0 atom stereocenters. The lowest BCUT2D eigenvalue weighted by atomic mass is 10.0. The molecule has 1 aromatic heterocycles. The molecule has 0 radical (unpaired) electrons. The summed E-state index contributed by atoms with van der Waals surface area (Å²) in [5.74, 6) is 2.15. The van der Waals surface area contributed by atoms with Gasteiger partial charge in [0.1, 0.15) is 17.3 Å². The van der Waals surface area contributed by atoms with Gasteiger partial charge in [-0.05, 0) is 36.8 Å². The predicted octanol–water partition coefficient (Wildman–Crippen LogP) is 3.82.